The van der Waals surface area contributed by atoms with Crippen molar-refractivity contribution < 1.29 is 14.3 Å². The predicted molar refractivity (Wildman–Crippen MR) is 70.5 cm³/mol. The largest absolute Gasteiger partial charge is 0.466 e. The van der Waals surface area contributed by atoms with E-state index in [1.807, 2.05) is 11.8 Å². The van der Waals surface area contributed by atoms with Gasteiger partial charge in [-0.25, -0.2) is 0 Å². The maximum atomic E-state index is 11.8. The molecular weight excluding hydrogens is 254 g/mol. The van der Waals surface area contributed by atoms with Gasteiger partial charge in [0.05, 0.1) is 12.5 Å². The number of halogens is 1. The molecule has 1 heterocycles. The number of carbonyl (C=O) groups is 2. The number of rotatable bonds is 6. The highest BCUT2D eigenvalue weighted by atomic mass is 35.5. The minimum atomic E-state index is -0.119. The van der Waals surface area contributed by atoms with Gasteiger partial charge in [0.2, 0.25) is 5.91 Å². The van der Waals surface area contributed by atoms with Crippen molar-refractivity contribution in [3.63, 3.8) is 0 Å². The highest BCUT2D eigenvalue weighted by molar-refractivity contribution is 6.17. The molecular formula is C13H22ClNO3. The average Bonchev–Trinajstić information content (AvgIpc) is 2.39. The summed E-state index contributed by atoms with van der Waals surface area (Å²) in [6.45, 7) is 3.58. The molecule has 0 spiro atoms. The van der Waals surface area contributed by atoms with Gasteiger partial charge in [-0.2, -0.15) is 0 Å². The molecule has 0 radical (unpaired) electrons. The van der Waals surface area contributed by atoms with E-state index in [4.69, 9.17) is 16.3 Å². The van der Waals surface area contributed by atoms with Crippen molar-refractivity contribution in [1.82, 2.24) is 4.90 Å². The van der Waals surface area contributed by atoms with Crippen LogP contribution in [0.4, 0.5) is 0 Å². The first-order valence-electron chi connectivity index (χ1n) is 6.69. The van der Waals surface area contributed by atoms with Crippen LogP contribution >= 0.6 is 11.6 Å². The summed E-state index contributed by atoms with van der Waals surface area (Å²) < 4.78 is 5.00. The van der Waals surface area contributed by atoms with Gasteiger partial charge in [-0.1, -0.05) is 0 Å². The molecule has 0 aliphatic carbocycles. The van der Waals surface area contributed by atoms with Gasteiger partial charge < -0.3 is 9.64 Å². The topological polar surface area (TPSA) is 46.6 Å². The third-order valence-electron chi connectivity index (χ3n) is 3.24. The molecule has 5 heteroatoms. The summed E-state index contributed by atoms with van der Waals surface area (Å²) in [4.78, 5) is 25.2. The Morgan fingerprint density at radius 3 is 2.50 bits per heavy atom. The second-order valence-electron chi connectivity index (χ2n) is 4.55. The summed E-state index contributed by atoms with van der Waals surface area (Å²) in [6.07, 6.45) is 3.74. The number of unbranched alkanes of at least 4 members (excludes halogenated alkanes) is 1. The van der Waals surface area contributed by atoms with Crippen molar-refractivity contribution in [3.8, 4) is 0 Å². The Balaban J connectivity index is 2.26. The second-order valence-corrected chi connectivity index (χ2v) is 4.93. The summed E-state index contributed by atoms with van der Waals surface area (Å²) in [6, 6.07) is 0. The van der Waals surface area contributed by atoms with Crippen molar-refractivity contribution in [1.29, 1.82) is 0 Å². The van der Waals surface area contributed by atoms with E-state index >= 15 is 0 Å². The molecule has 1 saturated heterocycles. The van der Waals surface area contributed by atoms with Crippen LogP contribution < -0.4 is 0 Å². The maximum Gasteiger partial charge on any atom is 0.309 e. The first-order valence-corrected chi connectivity index (χ1v) is 7.22. The molecule has 0 N–H and O–H groups in total. The van der Waals surface area contributed by atoms with E-state index in [0.29, 0.717) is 32.0 Å². The molecule has 0 saturated carbocycles. The van der Waals surface area contributed by atoms with Gasteiger partial charge >= 0.3 is 5.97 Å². The molecule has 18 heavy (non-hydrogen) atoms. The lowest BCUT2D eigenvalue weighted by Crippen LogP contribution is -2.40. The van der Waals surface area contributed by atoms with Gasteiger partial charge in [0.1, 0.15) is 0 Å². The van der Waals surface area contributed by atoms with Gasteiger partial charge in [-0.15, -0.1) is 11.6 Å². The zero-order valence-corrected chi connectivity index (χ0v) is 11.7. The molecule has 0 atom stereocenters. The van der Waals surface area contributed by atoms with Crippen LogP contribution in [0.3, 0.4) is 0 Å². The standard InChI is InChI=1S/C13H22ClNO3/c1-2-18-13(17)11-6-9-15(10-7-11)12(16)5-3-4-8-14/h11H,2-10H2,1H3. The minimum Gasteiger partial charge on any atom is -0.466 e. The second kappa shape index (κ2) is 8.35. The number of piperidine rings is 1. The van der Waals surface area contributed by atoms with E-state index in [1.54, 1.807) is 0 Å². The van der Waals surface area contributed by atoms with Crippen LogP contribution in [0.2, 0.25) is 0 Å². The number of ether oxygens (including phenoxy) is 1. The van der Waals surface area contributed by atoms with E-state index in [2.05, 4.69) is 0 Å². The Bertz CT molecular complexity index is 275. The van der Waals surface area contributed by atoms with Crippen LogP contribution in [-0.4, -0.2) is 42.4 Å². The van der Waals surface area contributed by atoms with Gasteiger partial charge in [0.15, 0.2) is 0 Å². The SMILES string of the molecule is CCOC(=O)C1CCN(C(=O)CCCCCl)CC1. The van der Waals surface area contributed by atoms with Crippen molar-refractivity contribution in [2.24, 2.45) is 5.92 Å². The Kier molecular flexibility index (Phi) is 7.09. The van der Waals surface area contributed by atoms with Crippen molar-refractivity contribution in [2.75, 3.05) is 25.6 Å². The molecule has 1 amide bonds. The van der Waals surface area contributed by atoms with Gasteiger partial charge in [-0.05, 0) is 32.6 Å². The highest BCUT2D eigenvalue weighted by Gasteiger charge is 2.27. The minimum absolute atomic E-state index is 0.0307. The smallest absolute Gasteiger partial charge is 0.309 e. The first kappa shape index (κ1) is 15.3. The third-order valence-corrected chi connectivity index (χ3v) is 3.51. The number of alkyl halides is 1. The molecule has 0 bridgehead atoms. The normalized spacial score (nSPS) is 16.7. The lowest BCUT2D eigenvalue weighted by Gasteiger charge is -2.31. The fourth-order valence-electron chi connectivity index (χ4n) is 2.15. The van der Waals surface area contributed by atoms with Crippen LogP contribution in [0.5, 0.6) is 0 Å². The number of esters is 1. The molecule has 0 unspecified atom stereocenters. The fourth-order valence-corrected chi connectivity index (χ4v) is 2.34. The monoisotopic (exact) mass is 275 g/mol. The third kappa shape index (κ3) is 4.84. The van der Waals surface area contributed by atoms with Gasteiger partial charge in [0.25, 0.3) is 0 Å². The summed E-state index contributed by atoms with van der Waals surface area (Å²) in [5.74, 6) is 0.643. The Labute approximate surface area is 114 Å². The summed E-state index contributed by atoms with van der Waals surface area (Å²) in [5.41, 5.74) is 0. The maximum absolute atomic E-state index is 11.8. The summed E-state index contributed by atoms with van der Waals surface area (Å²) in [7, 11) is 0. The van der Waals surface area contributed by atoms with Crippen LogP contribution in [-0.2, 0) is 14.3 Å². The van der Waals surface area contributed by atoms with Gasteiger partial charge in [0, 0.05) is 25.4 Å². The Hall–Kier alpha value is -0.770. The van der Waals surface area contributed by atoms with E-state index in [-0.39, 0.29) is 17.8 Å². The summed E-state index contributed by atoms with van der Waals surface area (Å²) >= 11 is 5.58. The molecule has 0 aromatic heterocycles. The number of nitrogens with zero attached hydrogens (tertiary/aromatic N) is 1. The van der Waals surface area contributed by atoms with Crippen molar-refractivity contribution in [2.45, 2.75) is 39.0 Å². The molecule has 1 fully saturated rings. The zero-order valence-electron chi connectivity index (χ0n) is 11.0. The molecule has 4 nitrogen and oxygen atoms in total. The Morgan fingerprint density at radius 2 is 1.94 bits per heavy atom. The quantitative estimate of drug-likeness (QED) is 0.424. The van der Waals surface area contributed by atoms with Crippen LogP contribution in [0.15, 0.2) is 0 Å². The van der Waals surface area contributed by atoms with E-state index in [9.17, 15) is 9.59 Å². The van der Waals surface area contributed by atoms with Crippen molar-refractivity contribution >= 4 is 23.5 Å². The number of hydrogen-bond acceptors (Lipinski definition) is 3. The predicted octanol–water partition coefficient (Wildman–Crippen LogP) is 2.20. The van der Waals surface area contributed by atoms with Crippen molar-refractivity contribution in [3.05, 3.63) is 0 Å². The molecule has 104 valence electrons. The number of amides is 1. The first-order chi connectivity index (χ1) is 8.69. The number of likely N-dealkylation sites (tertiary alicyclic amines) is 1. The molecule has 1 rings (SSSR count). The van der Waals surface area contributed by atoms with E-state index in [1.165, 1.54) is 0 Å². The molecule has 1 aliphatic rings. The van der Waals surface area contributed by atoms with Crippen LogP contribution in [0.25, 0.3) is 0 Å². The molecule has 0 aromatic rings. The average molecular weight is 276 g/mol. The lowest BCUT2D eigenvalue weighted by molar-refractivity contribution is -0.151. The fraction of sp³-hybridized carbons (Fsp3) is 0.846. The van der Waals surface area contributed by atoms with Crippen LogP contribution in [0, 0.1) is 5.92 Å². The Morgan fingerprint density at radius 1 is 1.28 bits per heavy atom. The number of carbonyl (C=O) groups excluding carboxylic acids is 2. The zero-order chi connectivity index (χ0) is 13.4. The number of hydrogen-bond donors (Lipinski definition) is 0. The van der Waals surface area contributed by atoms with E-state index < -0.39 is 0 Å². The highest BCUT2D eigenvalue weighted by Crippen LogP contribution is 2.19. The van der Waals surface area contributed by atoms with Crippen LogP contribution in [0.1, 0.15) is 39.0 Å². The van der Waals surface area contributed by atoms with Gasteiger partial charge in [-0.3, -0.25) is 9.59 Å². The lowest BCUT2D eigenvalue weighted by atomic mass is 9.96. The molecule has 0 aromatic carbocycles. The summed E-state index contributed by atoms with van der Waals surface area (Å²) in [5, 5.41) is 0. The van der Waals surface area contributed by atoms with E-state index in [0.717, 1.165) is 25.7 Å². The molecule has 1 aliphatic heterocycles.